The molecule has 1 aliphatic heterocycles. The van der Waals surface area contributed by atoms with Gasteiger partial charge in [-0.1, -0.05) is 5.16 Å². The predicted molar refractivity (Wildman–Crippen MR) is 89.4 cm³/mol. The molecule has 0 saturated carbocycles. The van der Waals surface area contributed by atoms with Crippen molar-refractivity contribution in [2.24, 2.45) is 0 Å². The minimum Gasteiger partial charge on any atom is -0.466 e. The molecule has 1 aromatic carbocycles. The maximum absolute atomic E-state index is 13.3. The van der Waals surface area contributed by atoms with Crippen LogP contribution in [-0.2, 0) is 6.54 Å². The predicted octanol–water partition coefficient (Wildman–Crippen LogP) is 4.56. The van der Waals surface area contributed by atoms with Crippen LogP contribution < -0.4 is 0 Å². The Morgan fingerprint density at radius 2 is 2.00 bits per heavy atom. The van der Waals surface area contributed by atoms with Gasteiger partial charge in [0.15, 0.2) is 5.58 Å². The summed E-state index contributed by atoms with van der Waals surface area (Å²) in [7, 11) is 0. The van der Waals surface area contributed by atoms with Crippen LogP contribution >= 0.6 is 0 Å². The first-order valence-corrected chi connectivity index (χ1v) is 8.43. The van der Waals surface area contributed by atoms with E-state index in [1.54, 1.807) is 6.07 Å². The van der Waals surface area contributed by atoms with Gasteiger partial charge < -0.3 is 8.94 Å². The Hall–Kier alpha value is -2.14. The van der Waals surface area contributed by atoms with E-state index in [4.69, 9.17) is 8.94 Å². The number of benzene rings is 1. The summed E-state index contributed by atoms with van der Waals surface area (Å²) in [6.07, 6.45) is 2.07. The van der Waals surface area contributed by atoms with Crippen molar-refractivity contribution in [2.75, 3.05) is 13.1 Å². The van der Waals surface area contributed by atoms with Crippen molar-refractivity contribution >= 4 is 11.0 Å². The number of aromatic nitrogens is 1. The van der Waals surface area contributed by atoms with Gasteiger partial charge in [-0.2, -0.15) is 0 Å². The van der Waals surface area contributed by atoms with Gasteiger partial charge in [0.2, 0.25) is 0 Å². The fraction of sp³-hybridized carbons (Fsp3) is 0.421. The maximum atomic E-state index is 13.3. The van der Waals surface area contributed by atoms with Crippen LogP contribution in [0.3, 0.4) is 0 Å². The zero-order valence-corrected chi connectivity index (χ0v) is 14.0. The third-order valence-corrected chi connectivity index (χ3v) is 4.97. The van der Waals surface area contributed by atoms with Gasteiger partial charge in [0, 0.05) is 29.5 Å². The first-order chi connectivity index (χ1) is 11.6. The summed E-state index contributed by atoms with van der Waals surface area (Å²) in [5, 5.41) is 5.15. The lowest BCUT2D eigenvalue weighted by atomic mass is 9.91. The maximum Gasteiger partial charge on any atom is 0.170 e. The Kier molecular flexibility index (Phi) is 3.88. The van der Waals surface area contributed by atoms with E-state index >= 15 is 0 Å². The molecule has 0 amide bonds. The van der Waals surface area contributed by atoms with Gasteiger partial charge >= 0.3 is 0 Å². The van der Waals surface area contributed by atoms with E-state index in [1.807, 2.05) is 13.8 Å². The number of nitrogens with zero attached hydrogens (tertiary/aromatic N) is 2. The summed E-state index contributed by atoms with van der Waals surface area (Å²) < 4.78 is 24.2. The van der Waals surface area contributed by atoms with Gasteiger partial charge in [-0.25, -0.2) is 4.39 Å². The minimum atomic E-state index is -0.286. The molecule has 0 N–H and O–H groups in total. The van der Waals surface area contributed by atoms with Crippen LogP contribution in [0.15, 0.2) is 33.2 Å². The van der Waals surface area contributed by atoms with Crippen molar-refractivity contribution < 1.29 is 13.3 Å². The molecule has 0 spiro atoms. The number of likely N-dealkylation sites (tertiary alicyclic amines) is 1. The molecule has 126 valence electrons. The SMILES string of the molecule is Cc1cc(CN2CCC(c3noc4cc(F)ccc34)CC2)c(C)o1. The number of hydrogen-bond donors (Lipinski definition) is 0. The second kappa shape index (κ2) is 6.06. The zero-order valence-electron chi connectivity index (χ0n) is 14.0. The van der Waals surface area contributed by atoms with Crippen LogP contribution in [0, 0.1) is 19.7 Å². The molecule has 0 radical (unpaired) electrons. The summed E-state index contributed by atoms with van der Waals surface area (Å²) in [5.41, 5.74) is 2.78. The van der Waals surface area contributed by atoms with Crippen molar-refractivity contribution in [1.82, 2.24) is 10.1 Å². The molecule has 0 atom stereocenters. The molecule has 5 heteroatoms. The summed E-state index contributed by atoms with van der Waals surface area (Å²) in [4.78, 5) is 2.45. The molecule has 0 unspecified atom stereocenters. The molecule has 4 nitrogen and oxygen atoms in total. The second-order valence-electron chi connectivity index (χ2n) is 6.70. The first-order valence-electron chi connectivity index (χ1n) is 8.43. The Morgan fingerprint density at radius 1 is 1.21 bits per heavy atom. The standard InChI is InChI=1S/C19H21FN2O2/c1-12-9-15(13(2)23-12)11-22-7-5-14(6-8-22)19-17-4-3-16(20)10-18(17)24-21-19/h3-4,9-10,14H,5-8,11H2,1-2H3. The molecule has 3 aromatic rings. The highest BCUT2D eigenvalue weighted by molar-refractivity contribution is 5.79. The van der Waals surface area contributed by atoms with E-state index in [2.05, 4.69) is 16.1 Å². The molecule has 24 heavy (non-hydrogen) atoms. The third kappa shape index (κ3) is 2.84. The van der Waals surface area contributed by atoms with Crippen molar-refractivity contribution in [3.8, 4) is 0 Å². The number of furan rings is 1. The summed E-state index contributed by atoms with van der Waals surface area (Å²) in [5.74, 6) is 2.07. The van der Waals surface area contributed by atoms with E-state index < -0.39 is 0 Å². The lowest BCUT2D eigenvalue weighted by Gasteiger charge is -2.31. The van der Waals surface area contributed by atoms with Gasteiger partial charge in [-0.15, -0.1) is 0 Å². The monoisotopic (exact) mass is 328 g/mol. The highest BCUT2D eigenvalue weighted by Crippen LogP contribution is 2.33. The molecular formula is C19H21FN2O2. The van der Waals surface area contributed by atoms with Crippen molar-refractivity contribution in [3.05, 3.63) is 52.9 Å². The van der Waals surface area contributed by atoms with E-state index in [-0.39, 0.29) is 5.82 Å². The average molecular weight is 328 g/mol. The van der Waals surface area contributed by atoms with Gasteiger partial charge in [0.1, 0.15) is 17.3 Å². The smallest absolute Gasteiger partial charge is 0.170 e. The number of aryl methyl sites for hydroxylation is 2. The summed E-state index contributed by atoms with van der Waals surface area (Å²) in [6.45, 7) is 6.98. The Balaban J connectivity index is 1.44. The Bertz CT molecular complexity index is 860. The van der Waals surface area contributed by atoms with Crippen LogP contribution in [0.25, 0.3) is 11.0 Å². The highest BCUT2D eigenvalue weighted by Gasteiger charge is 2.25. The van der Waals surface area contributed by atoms with Crippen LogP contribution in [0.2, 0.25) is 0 Å². The molecule has 0 aliphatic carbocycles. The molecule has 4 rings (SSSR count). The van der Waals surface area contributed by atoms with E-state index in [0.29, 0.717) is 11.5 Å². The van der Waals surface area contributed by atoms with Gasteiger partial charge in [0.25, 0.3) is 0 Å². The van der Waals surface area contributed by atoms with E-state index in [9.17, 15) is 4.39 Å². The minimum absolute atomic E-state index is 0.286. The number of rotatable bonds is 3. The van der Waals surface area contributed by atoms with Crippen molar-refractivity contribution in [2.45, 2.75) is 39.2 Å². The highest BCUT2D eigenvalue weighted by atomic mass is 19.1. The van der Waals surface area contributed by atoms with Gasteiger partial charge in [-0.05, 0) is 58.0 Å². The van der Waals surface area contributed by atoms with E-state index in [1.165, 1.54) is 17.7 Å². The number of halogens is 1. The zero-order chi connectivity index (χ0) is 16.7. The lowest BCUT2D eigenvalue weighted by molar-refractivity contribution is 0.201. The third-order valence-electron chi connectivity index (χ3n) is 4.97. The molecular weight excluding hydrogens is 307 g/mol. The molecule has 3 heterocycles. The molecule has 0 bridgehead atoms. The number of piperidine rings is 1. The Labute approximate surface area is 140 Å². The Morgan fingerprint density at radius 3 is 2.71 bits per heavy atom. The summed E-state index contributed by atoms with van der Waals surface area (Å²) >= 11 is 0. The van der Waals surface area contributed by atoms with Crippen LogP contribution in [0.1, 0.15) is 41.5 Å². The fourth-order valence-electron chi connectivity index (χ4n) is 3.67. The topological polar surface area (TPSA) is 42.4 Å². The molecule has 1 saturated heterocycles. The van der Waals surface area contributed by atoms with Gasteiger partial charge in [0.05, 0.1) is 5.69 Å². The van der Waals surface area contributed by atoms with Crippen molar-refractivity contribution in [3.63, 3.8) is 0 Å². The van der Waals surface area contributed by atoms with Crippen LogP contribution in [0.4, 0.5) is 4.39 Å². The largest absolute Gasteiger partial charge is 0.466 e. The molecule has 2 aromatic heterocycles. The summed E-state index contributed by atoms with van der Waals surface area (Å²) in [6, 6.07) is 6.79. The van der Waals surface area contributed by atoms with Gasteiger partial charge in [-0.3, -0.25) is 4.90 Å². The fourth-order valence-corrected chi connectivity index (χ4v) is 3.67. The molecule has 1 aliphatic rings. The number of hydrogen-bond acceptors (Lipinski definition) is 4. The molecule has 1 fully saturated rings. The van der Waals surface area contributed by atoms with Crippen LogP contribution in [0.5, 0.6) is 0 Å². The lowest BCUT2D eigenvalue weighted by Crippen LogP contribution is -2.32. The normalized spacial score (nSPS) is 17.0. The first kappa shape index (κ1) is 15.4. The van der Waals surface area contributed by atoms with Crippen molar-refractivity contribution in [1.29, 1.82) is 0 Å². The average Bonchev–Trinajstić information content (AvgIpc) is 3.11. The number of fused-ring (bicyclic) bond motifs is 1. The quantitative estimate of drug-likeness (QED) is 0.707. The van der Waals surface area contributed by atoms with Crippen LogP contribution in [-0.4, -0.2) is 23.1 Å². The second-order valence-corrected chi connectivity index (χ2v) is 6.70. The van der Waals surface area contributed by atoms with E-state index in [0.717, 1.165) is 55.1 Å².